The lowest BCUT2D eigenvalue weighted by Gasteiger charge is -2.04. The number of rotatable bonds is 17. The topological polar surface area (TPSA) is 89.2 Å². The molecule has 166 valence electrons. The molecule has 1 rings (SSSR count). The van der Waals surface area contributed by atoms with E-state index in [0.29, 0.717) is 0 Å². The Kier molecular flexibility index (Phi) is 21.2. The third kappa shape index (κ3) is 19.0. The van der Waals surface area contributed by atoms with E-state index in [-0.39, 0.29) is 0 Å². The second kappa shape index (κ2) is 23.0. The van der Waals surface area contributed by atoms with Crippen LogP contribution >= 0.6 is 0 Å². The lowest BCUT2D eigenvalue weighted by molar-refractivity contribution is 0.521. The van der Waals surface area contributed by atoms with Crippen molar-refractivity contribution >= 4 is 0 Å². The van der Waals surface area contributed by atoms with Crippen LogP contribution in [0.25, 0.3) is 0 Å². The van der Waals surface area contributed by atoms with Crippen molar-refractivity contribution in [1.82, 2.24) is 9.55 Å². The molecular weight excluding hydrogens is 370 g/mol. The van der Waals surface area contributed by atoms with Crippen molar-refractivity contribution in [2.24, 2.45) is 5.92 Å². The highest BCUT2D eigenvalue weighted by molar-refractivity contribution is 5.11. The van der Waals surface area contributed by atoms with Crippen LogP contribution in [0.1, 0.15) is 110 Å². The van der Waals surface area contributed by atoms with Gasteiger partial charge in [0.2, 0.25) is 5.92 Å². The second-order valence-electron chi connectivity index (χ2n) is 7.92. The molecule has 0 N–H and O–H groups in total. The summed E-state index contributed by atoms with van der Waals surface area (Å²) >= 11 is 0. The van der Waals surface area contributed by atoms with Crippen LogP contribution in [-0.2, 0) is 6.54 Å². The Morgan fingerprint density at radius 2 is 1.07 bits per heavy atom. The molecule has 1 aromatic heterocycles. The Balaban J connectivity index is 0.00000103. The van der Waals surface area contributed by atoms with Gasteiger partial charge in [-0.15, -0.1) is 0 Å². The molecule has 0 aromatic carbocycles. The lowest BCUT2D eigenvalue weighted by atomic mass is 10.0. The summed E-state index contributed by atoms with van der Waals surface area (Å²) in [5, 5.41) is 23.5. The fourth-order valence-electron chi connectivity index (χ4n) is 3.35. The molecule has 1 heterocycles. The predicted molar refractivity (Wildman–Crippen MR) is 122 cm³/mol. The van der Waals surface area contributed by atoms with Crippen LogP contribution in [0.15, 0.2) is 18.7 Å². The highest BCUT2D eigenvalue weighted by atomic mass is 15.0. The van der Waals surface area contributed by atoms with E-state index in [1.165, 1.54) is 121 Å². The monoisotopic (exact) mass is 411 g/mol. The number of nitrogens with zero attached hydrogens (tertiary/aromatic N) is 5. The average molecular weight is 412 g/mol. The van der Waals surface area contributed by atoms with Crippen molar-refractivity contribution in [3.05, 3.63) is 18.7 Å². The number of aryl methyl sites for hydroxylation is 1. The number of aromatic nitrogens is 2. The minimum atomic E-state index is -1.10. The van der Waals surface area contributed by atoms with E-state index in [0.717, 1.165) is 6.54 Å². The van der Waals surface area contributed by atoms with Gasteiger partial charge in [-0.2, -0.15) is 15.8 Å². The summed E-state index contributed by atoms with van der Waals surface area (Å²) in [4.78, 5) is 4.08. The SMILES string of the molecule is CCCCCCCCCCCCCCCCCCn1ccnc1.N#CC(C#N)C#N. The minimum Gasteiger partial charge on any atom is -0.337 e. The van der Waals surface area contributed by atoms with Crippen LogP contribution in [-0.4, -0.2) is 9.55 Å². The first-order chi connectivity index (χ1) is 14.8. The van der Waals surface area contributed by atoms with Gasteiger partial charge in [-0.25, -0.2) is 4.98 Å². The first kappa shape index (κ1) is 27.7. The largest absolute Gasteiger partial charge is 0.337 e. The molecule has 0 atom stereocenters. The van der Waals surface area contributed by atoms with E-state index >= 15 is 0 Å². The minimum absolute atomic E-state index is 1.10. The summed E-state index contributed by atoms with van der Waals surface area (Å²) in [5.74, 6) is -1.10. The molecule has 0 spiro atoms. The quantitative estimate of drug-likeness (QED) is 0.251. The number of hydrogen-bond acceptors (Lipinski definition) is 4. The molecule has 0 amide bonds. The maximum atomic E-state index is 7.83. The fourth-order valence-corrected chi connectivity index (χ4v) is 3.35. The molecule has 0 bridgehead atoms. The van der Waals surface area contributed by atoms with E-state index in [9.17, 15) is 0 Å². The summed E-state index contributed by atoms with van der Waals surface area (Å²) in [7, 11) is 0. The number of hydrogen-bond donors (Lipinski definition) is 0. The molecular formula is C25H41N5. The first-order valence-electron chi connectivity index (χ1n) is 11.9. The molecule has 0 saturated heterocycles. The van der Waals surface area contributed by atoms with E-state index in [4.69, 9.17) is 15.8 Å². The fraction of sp³-hybridized carbons (Fsp3) is 0.760. The van der Waals surface area contributed by atoms with Crippen molar-refractivity contribution in [2.45, 2.75) is 116 Å². The zero-order chi connectivity index (χ0) is 22.1. The smallest absolute Gasteiger partial charge is 0.218 e. The normalized spacial score (nSPS) is 9.97. The summed E-state index contributed by atoms with van der Waals surface area (Å²) < 4.78 is 2.18. The van der Waals surface area contributed by atoms with Gasteiger partial charge in [-0.05, 0) is 6.42 Å². The molecule has 5 nitrogen and oxygen atoms in total. The average Bonchev–Trinajstić information content (AvgIpc) is 3.29. The van der Waals surface area contributed by atoms with E-state index in [1.54, 1.807) is 0 Å². The zero-order valence-electron chi connectivity index (χ0n) is 19.1. The maximum absolute atomic E-state index is 7.83. The molecule has 0 radical (unpaired) electrons. The van der Waals surface area contributed by atoms with Crippen LogP contribution in [0, 0.1) is 39.9 Å². The van der Waals surface area contributed by atoms with Gasteiger partial charge >= 0.3 is 0 Å². The summed E-state index contributed by atoms with van der Waals surface area (Å²) in [6.07, 6.45) is 28.8. The second-order valence-corrected chi connectivity index (χ2v) is 7.92. The van der Waals surface area contributed by atoms with Crippen LogP contribution < -0.4 is 0 Å². The standard InChI is InChI=1S/C21H40N2.C4HN3/c1-2-3-4-5-6-7-8-9-10-11-12-13-14-15-16-17-19-23-20-18-22-21-23;5-1-4(2-6)3-7/h18,20-21H,2-17,19H2,1H3;4H. The number of imidazole rings is 1. The van der Waals surface area contributed by atoms with Gasteiger partial charge in [0, 0.05) is 18.9 Å². The predicted octanol–water partition coefficient (Wildman–Crippen LogP) is 7.32. The van der Waals surface area contributed by atoms with E-state index < -0.39 is 5.92 Å². The zero-order valence-corrected chi connectivity index (χ0v) is 19.1. The number of unbranched alkanes of at least 4 members (excludes halogenated alkanes) is 15. The van der Waals surface area contributed by atoms with Crippen LogP contribution in [0.3, 0.4) is 0 Å². The maximum Gasteiger partial charge on any atom is 0.218 e. The van der Waals surface area contributed by atoms with Crippen molar-refractivity contribution in [1.29, 1.82) is 15.8 Å². The van der Waals surface area contributed by atoms with Crippen molar-refractivity contribution < 1.29 is 0 Å². The number of nitriles is 3. The van der Waals surface area contributed by atoms with Gasteiger partial charge < -0.3 is 4.57 Å². The van der Waals surface area contributed by atoms with Gasteiger partial charge in [0.25, 0.3) is 0 Å². The molecule has 30 heavy (non-hydrogen) atoms. The van der Waals surface area contributed by atoms with Crippen molar-refractivity contribution in [2.75, 3.05) is 0 Å². The molecule has 1 aromatic rings. The summed E-state index contributed by atoms with van der Waals surface area (Å²) in [5.41, 5.74) is 0. The third-order valence-electron chi connectivity index (χ3n) is 5.22. The van der Waals surface area contributed by atoms with Gasteiger partial charge in [-0.1, -0.05) is 103 Å². The summed E-state index contributed by atoms with van der Waals surface area (Å²) in [6, 6.07) is 4.44. The highest BCUT2D eigenvalue weighted by Gasteiger charge is 1.97. The molecule has 0 aliphatic carbocycles. The third-order valence-corrected chi connectivity index (χ3v) is 5.22. The Morgan fingerprint density at radius 3 is 1.37 bits per heavy atom. The molecule has 0 saturated carbocycles. The summed E-state index contributed by atoms with van der Waals surface area (Å²) in [6.45, 7) is 3.43. The van der Waals surface area contributed by atoms with E-state index in [2.05, 4.69) is 22.7 Å². The molecule has 0 unspecified atom stereocenters. The van der Waals surface area contributed by atoms with Crippen LogP contribution in [0.4, 0.5) is 0 Å². The van der Waals surface area contributed by atoms with Crippen molar-refractivity contribution in [3.63, 3.8) is 0 Å². The van der Waals surface area contributed by atoms with Gasteiger partial charge in [0.15, 0.2) is 0 Å². The first-order valence-corrected chi connectivity index (χ1v) is 11.9. The Hall–Kier alpha value is -2.32. The Bertz CT molecular complexity index is 555. The lowest BCUT2D eigenvalue weighted by Crippen LogP contribution is -1.93. The Morgan fingerprint density at radius 1 is 0.667 bits per heavy atom. The van der Waals surface area contributed by atoms with E-state index in [1.807, 2.05) is 12.5 Å². The Labute approximate surface area is 184 Å². The van der Waals surface area contributed by atoms with Crippen LogP contribution in [0.5, 0.6) is 0 Å². The molecule has 0 fully saturated rings. The highest BCUT2D eigenvalue weighted by Crippen LogP contribution is 2.13. The van der Waals surface area contributed by atoms with Gasteiger partial charge in [-0.3, -0.25) is 0 Å². The van der Waals surface area contributed by atoms with Crippen molar-refractivity contribution in [3.8, 4) is 18.2 Å². The van der Waals surface area contributed by atoms with Gasteiger partial charge in [0.1, 0.15) is 0 Å². The molecule has 0 aliphatic heterocycles. The van der Waals surface area contributed by atoms with Gasteiger partial charge in [0.05, 0.1) is 24.5 Å². The van der Waals surface area contributed by atoms with Crippen LogP contribution in [0.2, 0.25) is 0 Å². The molecule has 5 heteroatoms. The molecule has 0 aliphatic rings.